The van der Waals surface area contributed by atoms with Gasteiger partial charge in [-0.3, -0.25) is 0 Å². The van der Waals surface area contributed by atoms with E-state index in [-0.39, 0.29) is 0 Å². The third-order valence-electron chi connectivity index (χ3n) is 2.56. The molecule has 0 spiro atoms. The van der Waals surface area contributed by atoms with Crippen LogP contribution in [0.15, 0.2) is 6.20 Å². The Hall–Kier alpha value is -0.960. The van der Waals surface area contributed by atoms with E-state index in [4.69, 9.17) is 0 Å². The number of hydrogen-bond acceptors (Lipinski definition) is 3. The second kappa shape index (κ2) is 4.05. The van der Waals surface area contributed by atoms with Crippen LogP contribution >= 0.6 is 0 Å². The Morgan fingerprint density at radius 3 is 3.07 bits per heavy atom. The van der Waals surface area contributed by atoms with Gasteiger partial charge in [0.25, 0.3) is 0 Å². The average Bonchev–Trinajstić information content (AvgIpc) is 2.61. The van der Waals surface area contributed by atoms with E-state index in [1.165, 1.54) is 17.7 Å². The number of rotatable bonds is 3. The van der Waals surface area contributed by atoms with Crippen LogP contribution in [-0.2, 0) is 19.5 Å². The quantitative estimate of drug-likeness (QED) is 0.789. The Balaban J connectivity index is 2.05. The third-order valence-corrected chi connectivity index (χ3v) is 2.56. The molecule has 3 heteroatoms. The first kappa shape index (κ1) is 9.59. The summed E-state index contributed by atoms with van der Waals surface area (Å²) in [5.41, 5.74) is 2.46. The van der Waals surface area contributed by atoms with Crippen molar-refractivity contribution in [3.63, 3.8) is 0 Å². The van der Waals surface area contributed by atoms with Gasteiger partial charge in [-0.25, -0.2) is 9.97 Å². The highest BCUT2D eigenvalue weighted by atomic mass is 15.0. The fourth-order valence-electron chi connectivity index (χ4n) is 1.64. The summed E-state index contributed by atoms with van der Waals surface area (Å²) < 4.78 is 0. The highest BCUT2D eigenvalue weighted by molar-refractivity contribution is 5.21. The van der Waals surface area contributed by atoms with E-state index in [0.717, 1.165) is 31.3 Å². The van der Waals surface area contributed by atoms with E-state index < -0.39 is 0 Å². The molecule has 0 bridgehead atoms. The number of aromatic nitrogens is 2. The van der Waals surface area contributed by atoms with E-state index in [9.17, 15) is 0 Å². The summed E-state index contributed by atoms with van der Waals surface area (Å²) in [6.07, 6.45) is 4.15. The molecule has 76 valence electrons. The monoisotopic (exact) mass is 191 g/mol. The van der Waals surface area contributed by atoms with Crippen molar-refractivity contribution >= 4 is 0 Å². The molecule has 0 atom stereocenters. The van der Waals surface area contributed by atoms with Gasteiger partial charge in [-0.05, 0) is 12.3 Å². The second-order valence-electron chi connectivity index (χ2n) is 4.29. The molecule has 1 aliphatic rings. The summed E-state index contributed by atoms with van der Waals surface area (Å²) in [6, 6.07) is 0. The minimum absolute atomic E-state index is 0.727. The van der Waals surface area contributed by atoms with Gasteiger partial charge in [0, 0.05) is 31.3 Å². The second-order valence-corrected chi connectivity index (χ2v) is 4.29. The fraction of sp³-hybridized carbons (Fsp3) is 0.636. The molecule has 0 unspecified atom stereocenters. The molecule has 3 nitrogen and oxygen atoms in total. The van der Waals surface area contributed by atoms with Crippen LogP contribution in [0, 0.1) is 5.92 Å². The van der Waals surface area contributed by atoms with Gasteiger partial charge < -0.3 is 5.32 Å². The molecular formula is C11H17N3. The van der Waals surface area contributed by atoms with Crippen molar-refractivity contribution in [3.05, 3.63) is 23.3 Å². The topological polar surface area (TPSA) is 37.8 Å². The maximum atomic E-state index is 4.55. The number of hydrogen-bond donors (Lipinski definition) is 1. The van der Waals surface area contributed by atoms with Gasteiger partial charge in [-0.15, -0.1) is 0 Å². The summed E-state index contributed by atoms with van der Waals surface area (Å²) in [4.78, 5) is 8.92. The average molecular weight is 191 g/mol. The fourth-order valence-corrected chi connectivity index (χ4v) is 1.64. The zero-order valence-corrected chi connectivity index (χ0v) is 8.88. The first-order valence-corrected chi connectivity index (χ1v) is 5.30. The molecule has 0 amide bonds. The zero-order valence-electron chi connectivity index (χ0n) is 8.88. The van der Waals surface area contributed by atoms with Crippen molar-refractivity contribution in [1.82, 2.24) is 15.3 Å². The third kappa shape index (κ3) is 2.10. The smallest absolute Gasteiger partial charge is 0.128 e. The van der Waals surface area contributed by atoms with Gasteiger partial charge in [0.15, 0.2) is 0 Å². The van der Waals surface area contributed by atoms with Crippen molar-refractivity contribution in [3.8, 4) is 0 Å². The van der Waals surface area contributed by atoms with Crippen LogP contribution in [0.2, 0.25) is 0 Å². The molecule has 0 saturated carbocycles. The van der Waals surface area contributed by atoms with Gasteiger partial charge in [-0.1, -0.05) is 13.8 Å². The van der Waals surface area contributed by atoms with E-state index in [2.05, 4.69) is 29.1 Å². The molecule has 0 aromatic carbocycles. The lowest BCUT2D eigenvalue weighted by atomic mass is 10.1. The predicted octanol–water partition coefficient (Wildman–Crippen LogP) is 1.67. The van der Waals surface area contributed by atoms with E-state index in [1.54, 1.807) is 0 Å². The lowest BCUT2D eigenvalue weighted by Gasteiger charge is -2.04. The van der Waals surface area contributed by atoms with E-state index in [1.807, 2.05) is 6.20 Å². The normalized spacial score (nSPS) is 14.8. The molecule has 0 aliphatic carbocycles. The molecule has 0 saturated heterocycles. The number of nitrogens with one attached hydrogen (secondary N) is 1. The van der Waals surface area contributed by atoms with Crippen LogP contribution < -0.4 is 5.32 Å². The molecule has 0 fully saturated rings. The molecule has 2 rings (SSSR count). The predicted molar refractivity (Wildman–Crippen MR) is 55.7 cm³/mol. The van der Waals surface area contributed by atoms with Crippen molar-refractivity contribution in [2.24, 2.45) is 5.92 Å². The van der Waals surface area contributed by atoms with E-state index in [0.29, 0.717) is 0 Å². The SMILES string of the molecule is CC(C)CCc1ncc2c(n1)CNC2. The van der Waals surface area contributed by atoms with Crippen LogP contribution in [0.4, 0.5) is 0 Å². The molecular weight excluding hydrogens is 174 g/mol. The van der Waals surface area contributed by atoms with Gasteiger partial charge >= 0.3 is 0 Å². The van der Waals surface area contributed by atoms with Gasteiger partial charge in [0.2, 0.25) is 0 Å². The molecule has 14 heavy (non-hydrogen) atoms. The summed E-state index contributed by atoms with van der Waals surface area (Å²) in [5.74, 6) is 1.73. The van der Waals surface area contributed by atoms with E-state index >= 15 is 0 Å². The van der Waals surface area contributed by atoms with Crippen molar-refractivity contribution in [1.29, 1.82) is 0 Å². The summed E-state index contributed by atoms with van der Waals surface area (Å²) in [5, 5.41) is 3.28. The Morgan fingerprint density at radius 2 is 2.29 bits per heavy atom. The van der Waals surface area contributed by atoms with Crippen molar-refractivity contribution in [2.75, 3.05) is 0 Å². The van der Waals surface area contributed by atoms with Gasteiger partial charge in [0.1, 0.15) is 5.82 Å². The number of aryl methyl sites for hydroxylation is 1. The van der Waals surface area contributed by atoms with Crippen LogP contribution in [0.1, 0.15) is 37.4 Å². The molecule has 1 aromatic heterocycles. The summed E-state index contributed by atoms with van der Waals surface area (Å²) in [6.45, 7) is 6.30. The Morgan fingerprint density at radius 1 is 1.43 bits per heavy atom. The number of nitrogens with zero attached hydrogens (tertiary/aromatic N) is 2. The molecule has 1 N–H and O–H groups in total. The van der Waals surface area contributed by atoms with Crippen LogP contribution in [0.3, 0.4) is 0 Å². The minimum atomic E-state index is 0.727. The lowest BCUT2D eigenvalue weighted by molar-refractivity contribution is 0.573. The van der Waals surface area contributed by atoms with Crippen LogP contribution in [0.5, 0.6) is 0 Å². The summed E-state index contributed by atoms with van der Waals surface area (Å²) in [7, 11) is 0. The van der Waals surface area contributed by atoms with Crippen LogP contribution in [-0.4, -0.2) is 9.97 Å². The first-order valence-electron chi connectivity index (χ1n) is 5.30. The Labute approximate surface area is 85.0 Å². The Bertz CT molecular complexity index is 320. The molecule has 0 radical (unpaired) electrons. The highest BCUT2D eigenvalue weighted by Gasteiger charge is 2.12. The van der Waals surface area contributed by atoms with Crippen molar-refractivity contribution < 1.29 is 0 Å². The molecule has 1 aromatic rings. The molecule has 1 aliphatic heterocycles. The summed E-state index contributed by atoms with van der Waals surface area (Å²) >= 11 is 0. The number of fused-ring (bicyclic) bond motifs is 1. The van der Waals surface area contributed by atoms with Gasteiger partial charge in [0.05, 0.1) is 5.69 Å². The Kier molecular flexibility index (Phi) is 2.77. The first-order chi connectivity index (χ1) is 6.75. The highest BCUT2D eigenvalue weighted by Crippen LogP contribution is 2.12. The standard InChI is InChI=1S/C11H17N3/c1-8(2)3-4-11-13-6-9-5-12-7-10(9)14-11/h6,8,12H,3-5,7H2,1-2H3. The van der Waals surface area contributed by atoms with Crippen LogP contribution in [0.25, 0.3) is 0 Å². The lowest BCUT2D eigenvalue weighted by Crippen LogP contribution is -2.02. The zero-order chi connectivity index (χ0) is 9.97. The maximum Gasteiger partial charge on any atom is 0.128 e. The maximum absolute atomic E-state index is 4.55. The van der Waals surface area contributed by atoms with Crippen molar-refractivity contribution in [2.45, 2.75) is 39.8 Å². The van der Waals surface area contributed by atoms with Gasteiger partial charge in [-0.2, -0.15) is 0 Å². The minimum Gasteiger partial charge on any atom is -0.307 e. The molecule has 2 heterocycles. The largest absolute Gasteiger partial charge is 0.307 e.